The highest BCUT2D eigenvalue weighted by Crippen LogP contribution is 2.38. The summed E-state index contributed by atoms with van der Waals surface area (Å²) in [5.74, 6) is -0.194. The molecule has 0 bridgehead atoms. The Morgan fingerprint density at radius 1 is 0.837 bits per heavy atom. The van der Waals surface area contributed by atoms with Gasteiger partial charge in [0.25, 0.3) is 27.5 Å². The molecule has 86 heavy (non-hydrogen) atoms. The number of nitro groups is 1. The van der Waals surface area contributed by atoms with Gasteiger partial charge in [0.2, 0.25) is 11.8 Å². The number of benzene rings is 5. The number of fused-ring (bicyclic) bond motifs is 2. The standard InChI is InChI=1S/C62H64ClN11O11S/c63-43-9-7-41(8-10-43)47-3-2-6-56(84-38-40-34-71(35-40)22-21-64-52-5-1-4-48-50(52)37-73(62(48)78)54-15-16-58(75)68-61(54)77)51(47)36-70-23-25-72(26-24-70)44-11-13-49(57(30-44)85-45-29-42-17-20-65-59(42)67-33-45)60(76)69-86(81,82)46-12-14-53(55(31-46)74(79)80)66-32-39-18-27-83-28-19-39/h1-14,17,20,29-31,33,39-40,54,64,66H,15-16,18-19,21-28,32,34-38H2,(H,65,67)(H,69,76)(H,68,75,77). The van der Waals surface area contributed by atoms with Crippen LogP contribution in [0.3, 0.4) is 0 Å². The predicted octanol–water partition coefficient (Wildman–Crippen LogP) is 8.05. The van der Waals surface area contributed by atoms with Gasteiger partial charge in [0.05, 0.1) is 28.2 Å². The summed E-state index contributed by atoms with van der Waals surface area (Å²) in [6, 6.07) is 30.9. The highest BCUT2D eigenvalue weighted by atomic mass is 35.5. The first-order chi connectivity index (χ1) is 41.7. The molecule has 2 aromatic heterocycles. The molecule has 1 atom stereocenters. The van der Waals surface area contributed by atoms with Crippen LogP contribution < -0.4 is 35.0 Å². The van der Waals surface area contributed by atoms with Crippen molar-refractivity contribution < 1.29 is 46.7 Å². The van der Waals surface area contributed by atoms with Gasteiger partial charge in [0.15, 0.2) is 0 Å². The number of halogens is 1. The molecule has 22 nitrogen and oxygen atoms in total. The number of anilines is 3. The highest BCUT2D eigenvalue weighted by Gasteiger charge is 2.40. The summed E-state index contributed by atoms with van der Waals surface area (Å²) in [6.07, 6.45) is 5.36. The average Bonchev–Trinajstić information content (AvgIpc) is 3.06. The maximum absolute atomic E-state index is 14.1. The van der Waals surface area contributed by atoms with Crippen molar-refractivity contribution in [3.05, 3.63) is 159 Å². The first kappa shape index (κ1) is 57.8. The number of pyridine rings is 1. The van der Waals surface area contributed by atoms with Crippen LogP contribution in [0.25, 0.3) is 22.2 Å². The molecule has 0 saturated carbocycles. The molecular formula is C62H64ClN11O11S. The van der Waals surface area contributed by atoms with E-state index in [1.807, 2.05) is 54.6 Å². The Balaban J connectivity index is 0.693. The van der Waals surface area contributed by atoms with E-state index in [1.165, 1.54) is 24.4 Å². The summed E-state index contributed by atoms with van der Waals surface area (Å²) in [6.45, 7) is 8.81. The van der Waals surface area contributed by atoms with E-state index in [0.29, 0.717) is 107 Å². The molecule has 0 aliphatic carbocycles. The molecule has 7 aromatic rings. The van der Waals surface area contributed by atoms with E-state index in [2.05, 4.69) is 51.4 Å². The molecule has 12 rings (SSSR count). The summed E-state index contributed by atoms with van der Waals surface area (Å²) in [5.41, 5.74) is 6.41. The molecule has 24 heteroatoms. The molecule has 4 fully saturated rings. The fraction of sp³-hybridized carbons (Fsp3) is 0.339. The summed E-state index contributed by atoms with van der Waals surface area (Å²) < 4.78 is 48.4. The third kappa shape index (κ3) is 12.8. The normalized spacial score (nSPS) is 17.9. The average molecular weight is 1210 g/mol. The first-order valence-electron chi connectivity index (χ1n) is 28.8. The lowest BCUT2D eigenvalue weighted by Crippen LogP contribution is -2.52. The van der Waals surface area contributed by atoms with Gasteiger partial charge in [0.1, 0.15) is 34.6 Å². The molecule has 5 aromatic carbocycles. The Labute approximate surface area is 501 Å². The number of aromatic nitrogens is 2. The van der Waals surface area contributed by atoms with Crippen LogP contribution in [0.5, 0.6) is 17.2 Å². The number of hydrogen-bond donors (Lipinski definition) is 5. The topological polar surface area (TPSA) is 263 Å². The number of nitrogens with one attached hydrogen (secondary N) is 5. The third-order valence-corrected chi connectivity index (χ3v) is 18.3. The molecule has 4 saturated heterocycles. The van der Waals surface area contributed by atoms with E-state index in [-0.39, 0.29) is 41.2 Å². The quantitative estimate of drug-likeness (QED) is 0.0259. The smallest absolute Gasteiger partial charge is 0.293 e. The van der Waals surface area contributed by atoms with E-state index in [9.17, 15) is 37.7 Å². The minimum Gasteiger partial charge on any atom is -0.493 e. The van der Waals surface area contributed by atoms with Crippen LogP contribution >= 0.6 is 11.6 Å². The second-order valence-electron chi connectivity index (χ2n) is 22.3. The summed E-state index contributed by atoms with van der Waals surface area (Å²) in [4.78, 5) is 79.0. The Bertz CT molecular complexity index is 3850. The largest absolute Gasteiger partial charge is 0.493 e. The molecule has 5 aliphatic rings. The van der Waals surface area contributed by atoms with Gasteiger partial charge >= 0.3 is 0 Å². The van der Waals surface area contributed by atoms with Gasteiger partial charge in [-0.25, -0.2) is 18.1 Å². The van der Waals surface area contributed by atoms with E-state index in [1.54, 1.807) is 35.4 Å². The second-order valence-corrected chi connectivity index (χ2v) is 24.4. The number of ether oxygens (including phenoxy) is 3. The molecule has 446 valence electrons. The number of nitro benzene ring substituents is 1. The van der Waals surface area contributed by atoms with Gasteiger partial charge in [-0.3, -0.25) is 39.5 Å². The van der Waals surface area contributed by atoms with Crippen molar-refractivity contribution in [3.8, 4) is 28.4 Å². The maximum Gasteiger partial charge on any atom is 0.293 e. The number of piperidine rings is 1. The second kappa shape index (κ2) is 25.2. The van der Waals surface area contributed by atoms with E-state index in [4.69, 9.17) is 25.8 Å². The number of aromatic amines is 1. The predicted molar refractivity (Wildman–Crippen MR) is 323 cm³/mol. The number of imide groups is 1. The van der Waals surface area contributed by atoms with Crippen molar-refractivity contribution in [1.29, 1.82) is 0 Å². The maximum atomic E-state index is 14.1. The SMILES string of the molecule is O=C1CCC(N2Cc3c(NCCN4CC(COc5cccc(-c6ccc(Cl)cc6)c5CN5CCN(c6ccc(C(=O)NS(=O)(=O)c7ccc(NCC8CCOCC8)c([N+](=O)[O-])c7)c(Oc7cnc8[nH]ccc8c7)c6)CC5)C4)cccc3C2=O)C(=O)N1. The lowest BCUT2D eigenvalue weighted by molar-refractivity contribution is -0.384. The van der Waals surface area contributed by atoms with Crippen molar-refractivity contribution in [2.45, 2.75) is 49.7 Å². The zero-order chi connectivity index (χ0) is 59.5. The van der Waals surface area contributed by atoms with Gasteiger partial charge in [-0.05, 0) is 103 Å². The Hall–Kier alpha value is -8.61. The van der Waals surface area contributed by atoms with E-state index < -0.39 is 43.4 Å². The van der Waals surface area contributed by atoms with Crippen LogP contribution in [0, 0.1) is 22.0 Å². The number of hydrogen-bond acceptors (Lipinski definition) is 17. The third-order valence-electron chi connectivity index (χ3n) is 16.7. The highest BCUT2D eigenvalue weighted by molar-refractivity contribution is 7.90. The van der Waals surface area contributed by atoms with Crippen LogP contribution in [0.1, 0.15) is 57.5 Å². The molecule has 5 aliphatic heterocycles. The number of nitrogens with zero attached hydrogens (tertiary/aromatic N) is 6. The van der Waals surface area contributed by atoms with Crippen molar-refractivity contribution >= 4 is 79.0 Å². The summed E-state index contributed by atoms with van der Waals surface area (Å²) >= 11 is 6.36. The number of likely N-dealkylation sites (tertiary alicyclic amines) is 1. The molecule has 5 N–H and O–H groups in total. The van der Waals surface area contributed by atoms with Crippen LogP contribution in [-0.4, -0.2) is 146 Å². The van der Waals surface area contributed by atoms with Crippen LogP contribution in [0.2, 0.25) is 5.02 Å². The van der Waals surface area contributed by atoms with Crippen molar-refractivity contribution in [2.24, 2.45) is 11.8 Å². The lowest BCUT2D eigenvalue weighted by Gasteiger charge is -2.39. The van der Waals surface area contributed by atoms with E-state index in [0.717, 1.165) is 83.3 Å². The summed E-state index contributed by atoms with van der Waals surface area (Å²) in [5, 5.41) is 22.6. The van der Waals surface area contributed by atoms with Gasteiger partial charge in [0, 0.05) is 154 Å². The monoisotopic (exact) mass is 1210 g/mol. The van der Waals surface area contributed by atoms with Crippen molar-refractivity contribution in [3.63, 3.8) is 0 Å². The molecule has 0 spiro atoms. The Kier molecular flexibility index (Phi) is 16.9. The van der Waals surface area contributed by atoms with Crippen LogP contribution in [0.15, 0.2) is 126 Å². The first-order valence-corrected chi connectivity index (χ1v) is 30.7. The van der Waals surface area contributed by atoms with Gasteiger partial charge in [-0.2, -0.15) is 0 Å². The fourth-order valence-electron chi connectivity index (χ4n) is 11.9. The van der Waals surface area contributed by atoms with Crippen LogP contribution in [-0.2, 0) is 37.4 Å². The van der Waals surface area contributed by atoms with Crippen molar-refractivity contribution in [1.82, 2.24) is 34.7 Å². The molecule has 7 heterocycles. The van der Waals surface area contributed by atoms with Crippen molar-refractivity contribution in [2.75, 3.05) is 94.3 Å². The number of sulfonamides is 1. The van der Waals surface area contributed by atoms with Gasteiger partial charge < -0.3 is 44.5 Å². The number of rotatable bonds is 21. The van der Waals surface area contributed by atoms with Crippen LogP contribution in [0.4, 0.5) is 22.7 Å². The molecular weight excluding hydrogens is 1140 g/mol. The lowest BCUT2D eigenvalue weighted by atomic mass is 9.97. The zero-order valence-corrected chi connectivity index (χ0v) is 48.5. The number of amides is 4. The van der Waals surface area contributed by atoms with E-state index >= 15 is 0 Å². The number of carbonyl (C=O) groups excluding carboxylic acids is 4. The molecule has 4 amide bonds. The fourth-order valence-corrected chi connectivity index (χ4v) is 13.0. The number of carbonyl (C=O) groups is 4. The van der Waals surface area contributed by atoms with Gasteiger partial charge in [-0.1, -0.05) is 41.9 Å². The Morgan fingerprint density at radius 2 is 1.63 bits per heavy atom. The number of H-pyrrole nitrogens is 1. The number of piperazine rings is 1. The molecule has 0 radical (unpaired) electrons. The summed E-state index contributed by atoms with van der Waals surface area (Å²) in [7, 11) is -4.62. The minimum absolute atomic E-state index is 0.0771. The molecule has 1 unspecified atom stereocenters. The zero-order valence-electron chi connectivity index (χ0n) is 47.0. The Morgan fingerprint density at radius 3 is 2.42 bits per heavy atom. The minimum atomic E-state index is -4.62. The van der Waals surface area contributed by atoms with Gasteiger partial charge in [-0.15, -0.1) is 0 Å².